The molecule has 0 N–H and O–H groups in total. The number of sulfone groups is 1. The number of hydrogen-bond acceptors (Lipinski definition) is 4. The van der Waals surface area contributed by atoms with Crippen LogP contribution in [0.5, 0.6) is 0 Å². The molecule has 0 amide bonds. The number of pyridine rings is 2. The van der Waals surface area contributed by atoms with E-state index in [2.05, 4.69) is 4.98 Å². The molecule has 1 atom stereocenters. The molecule has 6 heteroatoms. The van der Waals surface area contributed by atoms with Crippen molar-refractivity contribution in [3.05, 3.63) is 100 Å². The third-order valence-electron chi connectivity index (χ3n) is 5.04. The molecule has 29 heavy (non-hydrogen) atoms. The Balaban J connectivity index is 2.08. The minimum Gasteiger partial charge on any atom is -0.300 e. The molecule has 1 unspecified atom stereocenters. The Hall–Kier alpha value is -3.25. The summed E-state index contributed by atoms with van der Waals surface area (Å²) in [6.45, 7) is 3.46. The molecule has 2 aromatic heterocycles. The van der Waals surface area contributed by atoms with Crippen LogP contribution in [0.15, 0.2) is 88.8 Å². The molecule has 0 fully saturated rings. The molecule has 0 bridgehead atoms. The van der Waals surface area contributed by atoms with Crippen molar-refractivity contribution in [2.75, 3.05) is 0 Å². The van der Waals surface area contributed by atoms with Gasteiger partial charge in [-0.3, -0.25) is 14.3 Å². The van der Waals surface area contributed by atoms with Crippen LogP contribution in [-0.2, 0) is 9.84 Å². The molecule has 0 aliphatic rings. The maximum absolute atomic E-state index is 13.6. The van der Waals surface area contributed by atoms with E-state index in [-0.39, 0.29) is 10.5 Å². The van der Waals surface area contributed by atoms with E-state index in [4.69, 9.17) is 0 Å². The Bertz CT molecular complexity index is 1350. The first kappa shape index (κ1) is 19.1. The van der Waals surface area contributed by atoms with Crippen molar-refractivity contribution in [1.82, 2.24) is 9.55 Å². The van der Waals surface area contributed by atoms with E-state index in [1.807, 2.05) is 43.3 Å². The van der Waals surface area contributed by atoms with Gasteiger partial charge in [-0.15, -0.1) is 0 Å². The van der Waals surface area contributed by atoms with Crippen LogP contribution < -0.4 is 5.43 Å². The van der Waals surface area contributed by atoms with Crippen LogP contribution >= 0.6 is 0 Å². The summed E-state index contributed by atoms with van der Waals surface area (Å²) in [4.78, 5) is 17.0. The summed E-state index contributed by atoms with van der Waals surface area (Å²) in [6, 6.07) is 21.2. The van der Waals surface area contributed by atoms with Crippen LogP contribution in [0, 0.1) is 6.92 Å². The summed E-state index contributed by atoms with van der Waals surface area (Å²) in [5.74, 6) is 0. The van der Waals surface area contributed by atoms with Gasteiger partial charge in [0.05, 0.1) is 16.2 Å². The van der Waals surface area contributed by atoms with Gasteiger partial charge >= 0.3 is 0 Å². The molecular formula is C23H20N2O3S. The molecule has 0 aliphatic carbocycles. The fourth-order valence-electron chi connectivity index (χ4n) is 3.43. The monoisotopic (exact) mass is 404 g/mol. The smallest absolute Gasteiger partial charge is 0.201 e. The molecule has 0 saturated heterocycles. The van der Waals surface area contributed by atoms with E-state index in [9.17, 15) is 13.2 Å². The maximum Gasteiger partial charge on any atom is 0.201 e. The lowest BCUT2D eigenvalue weighted by molar-refractivity contribution is 0.579. The number of benzene rings is 2. The molecule has 0 spiro atoms. The molecule has 2 heterocycles. The predicted octanol–water partition coefficient (Wildman–Crippen LogP) is 4.23. The van der Waals surface area contributed by atoms with Crippen LogP contribution in [0.25, 0.3) is 16.6 Å². The van der Waals surface area contributed by atoms with Crippen LogP contribution in [0.4, 0.5) is 0 Å². The van der Waals surface area contributed by atoms with E-state index in [1.54, 1.807) is 41.8 Å². The first-order chi connectivity index (χ1) is 13.9. The zero-order valence-corrected chi connectivity index (χ0v) is 16.9. The Kier molecular flexibility index (Phi) is 4.80. The second-order valence-corrected chi connectivity index (χ2v) is 9.17. The average molecular weight is 404 g/mol. The van der Waals surface area contributed by atoms with Crippen molar-refractivity contribution in [3.63, 3.8) is 0 Å². The maximum atomic E-state index is 13.6. The van der Waals surface area contributed by atoms with Crippen molar-refractivity contribution in [3.8, 4) is 5.69 Å². The second kappa shape index (κ2) is 7.29. The van der Waals surface area contributed by atoms with Crippen molar-refractivity contribution in [1.29, 1.82) is 0 Å². The summed E-state index contributed by atoms with van der Waals surface area (Å²) in [6.07, 6.45) is 1.50. The summed E-state index contributed by atoms with van der Waals surface area (Å²) < 4.78 is 28.9. The van der Waals surface area contributed by atoms with Crippen LogP contribution in [0.3, 0.4) is 0 Å². The Labute approximate surface area is 169 Å². The molecule has 2 aromatic carbocycles. The van der Waals surface area contributed by atoms with Gasteiger partial charge in [0.15, 0.2) is 5.43 Å². The number of rotatable bonds is 4. The highest BCUT2D eigenvalue weighted by molar-refractivity contribution is 7.91. The Morgan fingerprint density at radius 2 is 1.55 bits per heavy atom. The van der Waals surface area contributed by atoms with Gasteiger partial charge in [-0.25, -0.2) is 8.42 Å². The lowest BCUT2D eigenvalue weighted by Gasteiger charge is -2.20. The number of hydrogen-bond donors (Lipinski definition) is 0. The van der Waals surface area contributed by atoms with Gasteiger partial charge in [0.1, 0.15) is 5.03 Å². The zero-order valence-electron chi connectivity index (χ0n) is 16.1. The fourth-order valence-corrected chi connectivity index (χ4v) is 5.04. The van der Waals surface area contributed by atoms with Crippen molar-refractivity contribution < 1.29 is 8.42 Å². The standard InChI is InChI=1S/C23H20N2O3S/c1-16-13-21-20(15-24-16)22(26)14-23(25(21)19-11-7-4-8-12-19)29(27,28)17(2)18-9-5-3-6-10-18/h3-15,17H,1-2H3. The van der Waals surface area contributed by atoms with Crippen molar-refractivity contribution in [2.24, 2.45) is 0 Å². The highest BCUT2D eigenvalue weighted by Gasteiger charge is 2.29. The van der Waals surface area contributed by atoms with Gasteiger partial charge in [-0.2, -0.15) is 0 Å². The average Bonchev–Trinajstić information content (AvgIpc) is 2.74. The molecule has 4 aromatic rings. The first-order valence-corrected chi connectivity index (χ1v) is 10.8. The lowest BCUT2D eigenvalue weighted by atomic mass is 10.2. The van der Waals surface area contributed by atoms with E-state index in [1.165, 1.54) is 12.3 Å². The van der Waals surface area contributed by atoms with E-state index in [0.29, 0.717) is 27.8 Å². The molecule has 4 rings (SSSR count). The van der Waals surface area contributed by atoms with Crippen molar-refractivity contribution in [2.45, 2.75) is 24.1 Å². The van der Waals surface area contributed by atoms with E-state index in [0.717, 1.165) is 0 Å². The minimum atomic E-state index is -3.86. The van der Waals surface area contributed by atoms with Gasteiger partial charge in [-0.05, 0) is 37.6 Å². The largest absolute Gasteiger partial charge is 0.300 e. The van der Waals surface area contributed by atoms with Gasteiger partial charge in [0.25, 0.3) is 0 Å². The topological polar surface area (TPSA) is 69.0 Å². The zero-order chi connectivity index (χ0) is 20.6. The summed E-state index contributed by atoms with van der Waals surface area (Å²) >= 11 is 0. The Morgan fingerprint density at radius 1 is 0.931 bits per heavy atom. The van der Waals surface area contributed by atoms with Crippen LogP contribution in [-0.4, -0.2) is 18.0 Å². The number of nitrogens with zero attached hydrogens (tertiary/aromatic N) is 2. The molecule has 0 aliphatic heterocycles. The molecular weight excluding hydrogens is 384 g/mol. The Morgan fingerprint density at radius 3 is 2.21 bits per heavy atom. The molecule has 0 saturated carbocycles. The normalized spacial score (nSPS) is 12.8. The third-order valence-corrected chi connectivity index (χ3v) is 7.13. The highest BCUT2D eigenvalue weighted by Crippen LogP contribution is 2.31. The van der Waals surface area contributed by atoms with E-state index < -0.39 is 15.1 Å². The highest BCUT2D eigenvalue weighted by atomic mass is 32.2. The summed E-state index contributed by atoms with van der Waals surface area (Å²) in [7, 11) is -3.86. The van der Waals surface area contributed by atoms with Gasteiger partial charge < -0.3 is 0 Å². The molecule has 146 valence electrons. The van der Waals surface area contributed by atoms with Gasteiger partial charge in [0, 0.05) is 23.6 Å². The van der Waals surface area contributed by atoms with E-state index >= 15 is 0 Å². The quantitative estimate of drug-likeness (QED) is 0.510. The van der Waals surface area contributed by atoms with Crippen molar-refractivity contribution >= 4 is 20.7 Å². The number of aromatic nitrogens is 2. The van der Waals surface area contributed by atoms with Crippen LogP contribution in [0.1, 0.15) is 23.4 Å². The number of para-hydroxylation sites is 1. The SMILES string of the molecule is Cc1cc2c(cn1)c(=O)cc(S(=O)(=O)C(C)c1ccccc1)n2-c1ccccc1. The third kappa shape index (κ3) is 3.36. The van der Waals surface area contributed by atoms with Crippen LogP contribution in [0.2, 0.25) is 0 Å². The second-order valence-electron chi connectivity index (χ2n) is 6.96. The number of aryl methyl sites for hydroxylation is 1. The number of fused-ring (bicyclic) bond motifs is 1. The predicted molar refractivity (Wildman–Crippen MR) is 114 cm³/mol. The molecule has 5 nitrogen and oxygen atoms in total. The fraction of sp³-hybridized carbons (Fsp3) is 0.130. The summed E-state index contributed by atoms with van der Waals surface area (Å²) in [5.41, 5.74) is 2.20. The lowest BCUT2D eigenvalue weighted by Crippen LogP contribution is -2.21. The first-order valence-electron chi connectivity index (χ1n) is 9.26. The molecule has 0 radical (unpaired) electrons. The minimum absolute atomic E-state index is 0.0249. The van der Waals surface area contributed by atoms with Gasteiger partial charge in [-0.1, -0.05) is 48.5 Å². The summed E-state index contributed by atoms with van der Waals surface area (Å²) in [5, 5.41) is -0.452. The van der Waals surface area contributed by atoms with Gasteiger partial charge in [0.2, 0.25) is 9.84 Å².